The molecule has 3 nitrogen and oxygen atoms in total. The summed E-state index contributed by atoms with van der Waals surface area (Å²) < 4.78 is 0. The predicted octanol–water partition coefficient (Wildman–Crippen LogP) is 0.677. The van der Waals surface area contributed by atoms with Gasteiger partial charge >= 0.3 is 0 Å². The summed E-state index contributed by atoms with van der Waals surface area (Å²) in [6.45, 7) is 7.16. The van der Waals surface area contributed by atoms with Gasteiger partial charge in [0.2, 0.25) is 5.91 Å². The number of carbonyl (C=O) groups is 1. The molecule has 0 aliphatic heterocycles. The molecular weight excluding hydrogens is 152 g/mol. The van der Waals surface area contributed by atoms with E-state index >= 15 is 0 Å². The molecule has 0 aliphatic carbocycles. The zero-order valence-electron chi connectivity index (χ0n) is 8.05. The monoisotopic (exact) mass is 170 g/mol. The van der Waals surface area contributed by atoms with Crippen molar-refractivity contribution in [2.75, 3.05) is 13.1 Å². The van der Waals surface area contributed by atoms with Crippen LogP contribution in [0, 0.1) is 0 Å². The third kappa shape index (κ3) is 4.91. The summed E-state index contributed by atoms with van der Waals surface area (Å²) in [7, 11) is 0. The average molecular weight is 170 g/mol. The second kappa shape index (κ2) is 6.85. The van der Waals surface area contributed by atoms with Crippen LogP contribution in [0.5, 0.6) is 0 Å². The van der Waals surface area contributed by atoms with Gasteiger partial charge in [-0.2, -0.15) is 0 Å². The molecule has 0 aromatic rings. The molecule has 1 amide bonds. The average Bonchev–Trinajstić information content (AvgIpc) is 2.05. The topological polar surface area (TPSA) is 41.1 Å². The van der Waals surface area contributed by atoms with Gasteiger partial charge in [-0.1, -0.05) is 12.2 Å². The molecule has 0 heterocycles. The van der Waals surface area contributed by atoms with Crippen LogP contribution < -0.4 is 10.6 Å². The van der Waals surface area contributed by atoms with E-state index in [1.54, 1.807) is 0 Å². The van der Waals surface area contributed by atoms with Crippen LogP contribution in [0.1, 0.15) is 20.8 Å². The van der Waals surface area contributed by atoms with Crippen molar-refractivity contribution in [1.29, 1.82) is 0 Å². The molecule has 0 saturated heterocycles. The van der Waals surface area contributed by atoms with Crippen LogP contribution in [0.2, 0.25) is 0 Å². The Morgan fingerprint density at radius 3 is 2.75 bits per heavy atom. The molecule has 0 aliphatic rings. The normalized spacial score (nSPS) is 13.2. The van der Waals surface area contributed by atoms with Crippen molar-refractivity contribution in [2.45, 2.75) is 26.8 Å². The van der Waals surface area contributed by atoms with E-state index in [1.165, 1.54) is 0 Å². The lowest BCUT2D eigenvalue weighted by atomic mass is 10.3. The lowest BCUT2D eigenvalue weighted by molar-refractivity contribution is -0.122. The van der Waals surface area contributed by atoms with E-state index in [9.17, 15) is 4.79 Å². The predicted molar refractivity (Wildman–Crippen MR) is 51.0 cm³/mol. The fraction of sp³-hybridized carbons (Fsp3) is 0.667. The molecule has 0 fully saturated rings. The number of carbonyl (C=O) groups excluding carboxylic acids is 1. The second-order valence-corrected chi connectivity index (χ2v) is 2.59. The maximum atomic E-state index is 11.1. The zero-order valence-corrected chi connectivity index (χ0v) is 8.05. The molecule has 1 unspecified atom stereocenters. The van der Waals surface area contributed by atoms with E-state index in [0.29, 0.717) is 6.54 Å². The van der Waals surface area contributed by atoms with Gasteiger partial charge in [0.15, 0.2) is 0 Å². The standard InChI is InChI=1S/C9H18N2O/c1-4-6-7-11-8(3)9(12)10-5-2/h4,6,8,11H,5,7H2,1-3H3,(H,10,12)/b6-4+. The molecule has 0 aromatic carbocycles. The van der Waals surface area contributed by atoms with Crippen molar-refractivity contribution in [3.05, 3.63) is 12.2 Å². The molecule has 2 N–H and O–H groups in total. The molecule has 12 heavy (non-hydrogen) atoms. The van der Waals surface area contributed by atoms with Crippen LogP contribution >= 0.6 is 0 Å². The highest BCUT2D eigenvalue weighted by atomic mass is 16.2. The van der Waals surface area contributed by atoms with Gasteiger partial charge in [-0.15, -0.1) is 0 Å². The highest BCUT2D eigenvalue weighted by Gasteiger charge is 2.08. The van der Waals surface area contributed by atoms with Crippen LogP contribution in [0.4, 0.5) is 0 Å². The molecule has 0 aromatic heterocycles. The Labute approximate surface area is 74.2 Å². The summed E-state index contributed by atoms with van der Waals surface area (Å²) >= 11 is 0. The van der Waals surface area contributed by atoms with E-state index < -0.39 is 0 Å². The fourth-order valence-electron chi connectivity index (χ4n) is 0.783. The number of nitrogens with one attached hydrogen (secondary N) is 2. The lowest BCUT2D eigenvalue weighted by Gasteiger charge is -2.11. The SMILES string of the molecule is C/C=C/CNC(C)C(=O)NCC. The Hall–Kier alpha value is -0.830. The Kier molecular flexibility index (Phi) is 6.38. The number of hydrogen-bond acceptors (Lipinski definition) is 2. The summed E-state index contributed by atoms with van der Waals surface area (Å²) in [4.78, 5) is 11.1. The third-order valence-electron chi connectivity index (χ3n) is 1.52. The third-order valence-corrected chi connectivity index (χ3v) is 1.52. The van der Waals surface area contributed by atoms with E-state index in [2.05, 4.69) is 10.6 Å². The van der Waals surface area contributed by atoms with Crippen molar-refractivity contribution < 1.29 is 4.79 Å². The highest BCUT2D eigenvalue weighted by Crippen LogP contribution is 1.81. The summed E-state index contributed by atoms with van der Waals surface area (Å²) in [5.74, 6) is 0.0574. The summed E-state index contributed by atoms with van der Waals surface area (Å²) in [6.07, 6.45) is 3.94. The molecule has 70 valence electrons. The molecule has 0 spiro atoms. The number of allylic oxidation sites excluding steroid dienone is 1. The molecule has 0 rings (SSSR count). The van der Waals surface area contributed by atoms with Crippen LogP contribution in [0.15, 0.2) is 12.2 Å². The van der Waals surface area contributed by atoms with Gasteiger partial charge < -0.3 is 10.6 Å². The zero-order chi connectivity index (χ0) is 9.40. The van der Waals surface area contributed by atoms with Crippen LogP contribution in [0.3, 0.4) is 0 Å². The van der Waals surface area contributed by atoms with Gasteiger partial charge in [0.1, 0.15) is 0 Å². The minimum Gasteiger partial charge on any atom is -0.355 e. The highest BCUT2D eigenvalue weighted by molar-refractivity contribution is 5.81. The first-order chi connectivity index (χ1) is 5.72. The quantitative estimate of drug-likeness (QED) is 0.596. The van der Waals surface area contributed by atoms with E-state index in [4.69, 9.17) is 0 Å². The van der Waals surface area contributed by atoms with Gasteiger partial charge in [-0.3, -0.25) is 4.79 Å². The largest absolute Gasteiger partial charge is 0.355 e. The van der Waals surface area contributed by atoms with Gasteiger partial charge in [0.05, 0.1) is 6.04 Å². The molecule has 0 bridgehead atoms. The molecule has 1 atom stereocenters. The minimum absolute atomic E-state index is 0.0574. The van der Waals surface area contributed by atoms with Crippen molar-refractivity contribution in [1.82, 2.24) is 10.6 Å². The number of rotatable bonds is 5. The Bertz CT molecular complexity index is 155. The summed E-state index contributed by atoms with van der Waals surface area (Å²) in [5.41, 5.74) is 0. The van der Waals surface area contributed by atoms with E-state index in [1.807, 2.05) is 32.9 Å². The smallest absolute Gasteiger partial charge is 0.236 e. The molecule has 3 heteroatoms. The van der Waals surface area contributed by atoms with Crippen molar-refractivity contribution in [3.63, 3.8) is 0 Å². The van der Waals surface area contributed by atoms with Crippen LogP contribution in [-0.2, 0) is 4.79 Å². The van der Waals surface area contributed by atoms with Gasteiger partial charge in [-0.25, -0.2) is 0 Å². The maximum absolute atomic E-state index is 11.1. The van der Waals surface area contributed by atoms with Gasteiger partial charge in [0, 0.05) is 13.1 Å². The van der Waals surface area contributed by atoms with Crippen LogP contribution in [0.25, 0.3) is 0 Å². The Balaban J connectivity index is 3.56. The lowest BCUT2D eigenvalue weighted by Crippen LogP contribution is -2.42. The fourth-order valence-corrected chi connectivity index (χ4v) is 0.783. The first-order valence-electron chi connectivity index (χ1n) is 4.34. The minimum atomic E-state index is -0.110. The Morgan fingerprint density at radius 2 is 2.25 bits per heavy atom. The van der Waals surface area contributed by atoms with E-state index in [-0.39, 0.29) is 11.9 Å². The molecule has 0 saturated carbocycles. The number of likely N-dealkylation sites (N-methyl/N-ethyl adjacent to an activating group) is 1. The second-order valence-electron chi connectivity index (χ2n) is 2.59. The molecule has 0 radical (unpaired) electrons. The van der Waals surface area contributed by atoms with Crippen molar-refractivity contribution in [3.8, 4) is 0 Å². The van der Waals surface area contributed by atoms with E-state index in [0.717, 1.165) is 6.54 Å². The maximum Gasteiger partial charge on any atom is 0.236 e. The summed E-state index contributed by atoms with van der Waals surface area (Å²) in [5, 5.41) is 5.82. The number of hydrogen-bond donors (Lipinski definition) is 2. The van der Waals surface area contributed by atoms with Gasteiger partial charge in [0.25, 0.3) is 0 Å². The Morgan fingerprint density at radius 1 is 1.58 bits per heavy atom. The van der Waals surface area contributed by atoms with Crippen molar-refractivity contribution in [2.24, 2.45) is 0 Å². The number of amides is 1. The van der Waals surface area contributed by atoms with Crippen LogP contribution in [-0.4, -0.2) is 25.0 Å². The van der Waals surface area contributed by atoms with Gasteiger partial charge in [-0.05, 0) is 20.8 Å². The van der Waals surface area contributed by atoms with Crippen molar-refractivity contribution >= 4 is 5.91 Å². The first-order valence-corrected chi connectivity index (χ1v) is 4.34. The first kappa shape index (κ1) is 11.2. The summed E-state index contributed by atoms with van der Waals surface area (Å²) in [6, 6.07) is -0.110. The molecular formula is C9H18N2O.